The third kappa shape index (κ3) is 5.40. The fraction of sp³-hybridized carbons (Fsp3) is 0.269. The van der Waals surface area contributed by atoms with E-state index >= 15 is 0 Å². The minimum absolute atomic E-state index is 0.0585. The molecule has 0 bridgehead atoms. The molecule has 8 nitrogen and oxygen atoms in total. The van der Waals surface area contributed by atoms with Gasteiger partial charge in [0.1, 0.15) is 11.6 Å². The molecule has 3 heterocycles. The van der Waals surface area contributed by atoms with Crippen molar-refractivity contribution in [1.82, 2.24) is 19.5 Å². The Bertz CT molecular complexity index is 1480. The van der Waals surface area contributed by atoms with Crippen LogP contribution in [0.3, 0.4) is 0 Å². The highest BCUT2D eigenvalue weighted by atomic mass is 79.9. The molecule has 198 valence electrons. The number of halogens is 4. The van der Waals surface area contributed by atoms with Gasteiger partial charge in [-0.25, -0.2) is 9.78 Å². The Balaban J connectivity index is 1.30. The van der Waals surface area contributed by atoms with Gasteiger partial charge in [-0.05, 0) is 59.0 Å². The maximum absolute atomic E-state index is 13.3. The van der Waals surface area contributed by atoms with E-state index in [1.54, 1.807) is 39.9 Å². The molecule has 4 aromatic rings. The van der Waals surface area contributed by atoms with Crippen molar-refractivity contribution in [3.63, 3.8) is 0 Å². The third-order valence-corrected chi connectivity index (χ3v) is 7.02. The number of aromatic hydroxyl groups is 1. The number of carbonyl (C=O) groups excluding carboxylic acids is 1. The first-order chi connectivity index (χ1) is 18.2. The van der Waals surface area contributed by atoms with Gasteiger partial charge in [0.2, 0.25) is 0 Å². The van der Waals surface area contributed by atoms with Gasteiger partial charge >= 0.3 is 12.2 Å². The Kier molecular flexibility index (Phi) is 7.15. The number of phenolic OH excluding ortho intramolecular Hbond substituents is 1. The van der Waals surface area contributed by atoms with E-state index in [0.717, 1.165) is 18.9 Å². The minimum atomic E-state index is -4.56. The Labute approximate surface area is 224 Å². The van der Waals surface area contributed by atoms with Crippen LogP contribution in [0.1, 0.15) is 18.4 Å². The van der Waals surface area contributed by atoms with Crippen molar-refractivity contribution < 1.29 is 23.1 Å². The third-order valence-electron chi connectivity index (χ3n) is 6.46. The largest absolute Gasteiger partial charge is 0.507 e. The second-order valence-electron chi connectivity index (χ2n) is 9.08. The fourth-order valence-corrected chi connectivity index (χ4v) is 4.94. The summed E-state index contributed by atoms with van der Waals surface area (Å²) in [5, 5.41) is 20.5. The zero-order chi connectivity index (χ0) is 26.9. The molecule has 38 heavy (non-hydrogen) atoms. The van der Waals surface area contributed by atoms with Gasteiger partial charge in [-0.1, -0.05) is 24.3 Å². The van der Waals surface area contributed by atoms with Crippen LogP contribution in [-0.2, 0) is 6.18 Å². The van der Waals surface area contributed by atoms with E-state index in [4.69, 9.17) is 0 Å². The van der Waals surface area contributed by atoms with Gasteiger partial charge in [-0.3, -0.25) is 0 Å². The summed E-state index contributed by atoms with van der Waals surface area (Å²) in [5.41, 5.74) is 0.570. The van der Waals surface area contributed by atoms with Crippen LogP contribution < -0.4 is 10.6 Å². The van der Waals surface area contributed by atoms with Crippen LogP contribution >= 0.6 is 15.9 Å². The van der Waals surface area contributed by atoms with Crippen molar-refractivity contribution in [3.05, 3.63) is 70.8 Å². The summed E-state index contributed by atoms with van der Waals surface area (Å²) in [7, 11) is 0. The molecular formula is C26H24BrF3N6O2. The lowest BCUT2D eigenvalue weighted by atomic mass is 9.98. The van der Waals surface area contributed by atoms with E-state index in [-0.39, 0.29) is 17.4 Å². The first-order valence-electron chi connectivity index (χ1n) is 12.0. The Morgan fingerprint density at radius 2 is 1.92 bits per heavy atom. The molecule has 5 rings (SSSR count). The lowest BCUT2D eigenvalue weighted by Crippen LogP contribution is -2.44. The standard InChI is InChI=1S/C26H24BrF3N6O2/c27-19-14-32-36-23(12-21(33-24(19)36)17-7-1-4-10-22(17)37)31-13-16-6-5-11-35(15-16)25(38)34-20-9-3-2-8-18(20)26(28,29)30/h1-4,7-10,12,14,16,31,37H,5-6,11,13,15H2,(H,34,38). The maximum Gasteiger partial charge on any atom is 0.418 e. The van der Waals surface area contributed by atoms with Gasteiger partial charge in [0, 0.05) is 31.3 Å². The minimum Gasteiger partial charge on any atom is -0.507 e. The van der Waals surface area contributed by atoms with Crippen LogP contribution in [0.25, 0.3) is 16.9 Å². The average Bonchev–Trinajstić information content (AvgIpc) is 3.28. The number of nitrogens with one attached hydrogen (secondary N) is 2. The van der Waals surface area contributed by atoms with E-state index < -0.39 is 17.8 Å². The molecule has 0 radical (unpaired) electrons. The predicted octanol–water partition coefficient (Wildman–Crippen LogP) is 6.24. The summed E-state index contributed by atoms with van der Waals surface area (Å²) in [5.74, 6) is 0.815. The van der Waals surface area contributed by atoms with E-state index in [0.29, 0.717) is 46.8 Å². The lowest BCUT2D eigenvalue weighted by molar-refractivity contribution is -0.136. The van der Waals surface area contributed by atoms with Crippen LogP contribution in [0.15, 0.2) is 65.3 Å². The Morgan fingerprint density at radius 1 is 1.16 bits per heavy atom. The number of phenols is 1. The number of amides is 2. The van der Waals surface area contributed by atoms with Crippen LogP contribution in [-0.4, -0.2) is 50.3 Å². The van der Waals surface area contributed by atoms with Crippen molar-refractivity contribution >= 4 is 39.1 Å². The van der Waals surface area contributed by atoms with E-state index in [2.05, 4.69) is 36.6 Å². The zero-order valence-corrected chi connectivity index (χ0v) is 21.6. The number of hydrogen-bond acceptors (Lipinski definition) is 5. The first kappa shape index (κ1) is 25.8. The molecule has 1 aliphatic rings. The van der Waals surface area contributed by atoms with E-state index in [9.17, 15) is 23.1 Å². The highest BCUT2D eigenvalue weighted by Gasteiger charge is 2.34. The normalized spacial score (nSPS) is 16.0. The SMILES string of the molecule is O=C(Nc1ccccc1C(F)(F)F)N1CCCC(CNc2cc(-c3ccccc3O)nc3c(Br)cnn23)C1. The summed E-state index contributed by atoms with van der Waals surface area (Å²) >= 11 is 3.46. The summed E-state index contributed by atoms with van der Waals surface area (Å²) in [6.45, 7) is 1.34. The zero-order valence-electron chi connectivity index (χ0n) is 20.0. The van der Waals surface area contributed by atoms with Crippen LogP contribution in [0.4, 0.5) is 29.5 Å². The van der Waals surface area contributed by atoms with Crippen LogP contribution in [0.5, 0.6) is 5.75 Å². The second kappa shape index (κ2) is 10.5. The predicted molar refractivity (Wildman–Crippen MR) is 141 cm³/mol. The van der Waals surface area contributed by atoms with Gasteiger partial charge in [0.25, 0.3) is 0 Å². The molecule has 2 aromatic carbocycles. The van der Waals surface area contributed by atoms with Crippen LogP contribution in [0.2, 0.25) is 0 Å². The monoisotopic (exact) mass is 588 g/mol. The molecule has 3 N–H and O–H groups in total. The summed E-state index contributed by atoms with van der Waals surface area (Å²) in [6.07, 6.45) is -1.36. The number of fused-ring (bicyclic) bond motifs is 1. The van der Waals surface area contributed by atoms with Gasteiger partial charge in [-0.15, -0.1) is 0 Å². The van der Waals surface area contributed by atoms with Gasteiger partial charge in [0.05, 0.1) is 27.6 Å². The van der Waals surface area contributed by atoms with E-state index in [1.165, 1.54) is 18.2 Å². The molecular weight excluding hydrogens is 565 g/mol. The van der Waals surface area contributed by atoms with E-state index in [1.807, 2.05) is 6.07 Å². The number of likely N-dealkylation sites (tertiary alicyclic amines) is 1. The van der Waals surface area contributed by atoms with Crippen molar-refractivity contribution in [2.45, 2.75) is 19.0 Å². The molecule has 1 saturated heterocycles. The van der Waals surface area contributed by atoms with Gasteiger partial charge < -0.3 is 20.6 Å². The van der Waals surface area contributed by atoms with Crippen molar-refractivity contribution in [3.8, 4) is 17.0 Å². The topological polar surface area (TPSA) is 94.8 Å². The molecule has 1 fully saturated rings. The highest BCUT2D eigenvalue weighted by molar-refractivity contribution is 9.10. The Hall–Kier alpha value is -3.80. The average molecular weight is 589 g/mol. The number of benzene rings is 2. The van der Waals surface area contributed by atoms with Gasteiger partial charge in [0.15, 0.2) is 5.65 Å². The summed E-state index contributed by atoms with van der Waals surface area (Å²) < 4.78 is 42.3. The first-order valence-corrected chi connectivity index (χ1v) is 12.8. The van der Waals surface area contributed by atoms with Gasteiger partial charge in [-0.2, -0.15) is 22.8 Å². The number of anilines is 2. The molecule has 0 saturated carbocycles. The molecule has 1 atom stereocenters. The molecule has 0 aliphatic carbocycles. The molecule has 2 amide bonds. The second-order valence-corrected chi connectivity index (χ2v) is 9.93. The summed E-state index contributed by atoms with van der Waals surface area (Å²) in [4.78, 5) is 19.0. The van der Waals surface area contributed by atoms with Crippen molar-refractivity contribution in [1.29, 1.82) is 0 Å². The number of nitrogens with zero attached hydrogens (tertiary/aromatic N) is 4. The number of hydrogen-bond donors (Lipinski definition) is 3. The fourth-order valence-electron chi connectivity index (χ4n) is 4.59. The van der Waals surface area contributed by atoms with Crippen molar-refractivity contribution in [2.24, 2.45) is 5.92 Å². The molecule has 2 aromatic heterocycles. The smallest absolute Gasteiger partial charge is 0.418 e. The number of alkyl halides is 3. The Morgan fingerprint density at radius 3 is 2.71 bits per heavy atom. The van der Waals surface area contributed by atoms with Crippen molar-refractivity contribution in [2.75, 3.05) is 30.3 Å². The van der Waals surface area contributed by atoms with Crippen LogP contribution in [0, 0.1) is 5.92 Å². The summed E-state index contributed by atoms with van der Waals surface area (Å²) in [6, 6.07) is 13.1. The lowest BCUT2D eigenvalue weighted by Gasteiger charge is -2.33. The number of aromatic nitrogens is 3. The maximum atomic E-state index is 13.3. The quantitative estimate of drug-likeness (QED) is 0.256. The highest BCUT2D eigenvalue weighted by Crippen LogP contribution is 2.35. The molecule has 12 heteroatoms. The molecule has 1 aliphatic heterocycles. The number of rotatable bonds is 5. The molecule has 0 spiro atoms. The number of para-hydroxylation sites is 2. The number of urea groups is 1. The number of carbonyl (C=O) groups is 1. The molecule has 1 unspecified atom stereocenters. The number of piperidine rings is 1.